The number of benzene rings is 1. The molecule has 0 aromatic heterocycles. The Balaban J connectivity index is 1.93. The van der Waals surface area contributed by atoms with E-state index in [1.54, 1.807) is 31.3 Å². The van der Waals surface area contributed by atoms with E-state index in [0.717, 1.165) is 5.56 Å². The number of aliphatic hydroxyl groups is 1. The minimum Gasteiger partial charge on any atom is -0.481 e. The normalized spacial score (nSPS) is 21.8. The average Bonchev–Trinajstić information content (AvgIpc) is 2.57. The van der Waals surface area contributed by atoms with Crippen molar-refractivity contribution in [1.82, 2.24) is 10.2 Å². The Kier molecular flexibility index (Phi) is 6.45. The summed E-state index contributed by atoms with van der Waals surface area (Å²) in [4.78, 5) is 24.9. The molecule has 0 heterocycles. The average molecular weight is 355 g/mol. The van der Waals surface area contributed by atoms with Crippen LogP contribution in [0.1, 0.15) is 37.3 Å². The topological polar surface area (TPSA) is 89.9 Å². The molecule has 1 aromatic rings. The van der Waals surface area contributed by atoms with Crippen LogP contribution in [0.25, 0.3) is 0 Å². The van der Waals surface area contributed by atoms with E-state index in [1.807, 2.05) is 0 Å². The van der Waals surface area contributed by atoms with Gasteiger partial charge in [-0.15, -0.1) is 0 Å². The highest BCUT2D eigenvalue weighted by Gasteiger charge is 2.28. The zero-order valence-electron chi connectivity index (χ0n) is 13.6. The second kappa shape index (κ2) is 8.35. The number of hydrogen-bond acceptors (Lipinski definition) is 3. The van der Waals surface area contributed by atoms with Crippen LogP contribution in [-0.2, 0) is 4.79 Å². The first-order valence-electron chi connectivity index (χ1n) is 8.04. The molecular weight excluding hydrogens is 332 g/mol. The Labute approximate surface area is 146 Å². The molecule has 0 radical (unpaired) electrons. The number of rotatable bonds is 5. The molecule has 24 heavy (non-hydrogen) atoms. The molecule has 1 saturated carbocycles. The van der Waals surface area contributed by atoms with Crippen molar-refractivity contribution in [3.05, 3.63) is 34.9 Å². The lowest BCUT2D eigenvalue weighted by atomic mass is 9.86. The van der Waals surface area contributed by atoms with Gasteiger partial charge in [0.05, 0.1) is 18.6 Å². The summed E-state index contributed by atoms with van der Waals surface area (Å²) in [7, 11) is 1.63. The molecule has 2 rings (SSSR count). The number of urea groups is 1. The third-order valence-electron chi connectivity index (χ3n) is 4.62. The lowest BCUT2D eigenvalue weighted by Gasteiger charge is -2.32. The number of carboxylic acids is 1. The summed E-state index contributed by atoms with van der Waals surface area (Å²) >= 11 is 5.87. The first-order chi connectivity index (χ1) is 11.4. The van der Waals surface area contributed by atoms with E-state index in [-0.39, 0.29) is 24.6 Å². The number of likely N-dealkylation sites (N-methyl/N-ethyl adjacent to an activating group) is 1. The van der Waals surface area contributed by atoms with Gasteiger partial charge in [0.1, 0.15) is 0 Å². The lowest BCUT2D eigenvalue weighted by molar-refractivity contribution is -0.142. The number of hydrogen-bond donors (Lipinski definition) is 3. The van der Waals surface area contributed by atoms with Gasteiger partial charge in [-0.1, -0.05) is 23.7 Å². The summed E-state index contributed by atoms with van der Waals surface area (Å²) in [5, 5.41) is 22.2. The van der Waals surface area contributed by atoms with Crippen molar-refractivity contribution in [1.29, 1.82) is 0 Å². The predicted molar refractivity (Wildman–Crippen MR) is 91.0 cm³/mol. The monoisotopic (exact) mass is 354 g/mol. The van der Waals surface area contributed by atoms with E-state index in [2.05, 4.69) is 5.32 Å². The largest absolute Gasteiger partial charge is 0.481 e. The van der Waals surface area contributed by atoms with Gasteiger partial charge >= 0.3 is 12.0 Å². The number of carbonyl (C=O) groups is 2. The molecule has 1 aliphatic rings. The molecule has 3 N–H and O–H groups in total. The third-order valence-corrected chi connectivity index (χ3v) is 4.87. The first kappa shape index (κ1) is 18.5. The highest BCUT2D eigenvalue weighted by Crippen LogP contribution is 2.25. The van der Waals surface area contributed by atoms with Crippen LogP contribution in [0.4, 0.5) is 4.79 Å². The smallest absolute Gasteiger partial charge is 0.317 e. The first-order valence-corrected chi connectivity index (χ1v) is 8.42. The maximum atomic E-state index is 12.4. The Morgan fingerprint density at radius 3 is 2.33 bits per heavy atom. The van der Waals surface area contributed by atoms with Crippen LogP contribution in [0.15, 0.2) is 24.3 Å². The molecule has 132 valence electrons. The van der Waals surface area contributed by atoms with Gasteiger partial charge in [0.2, 0.25) is 0 Å². The summed E-state index contributed by atoms with van der Waals surface area (Å²) in [6.07, 6.45) is 2.46. The van der Waals surface area contributed by atoms with Crippen molar-refractivity contribution in [3.8, 4) is 0 Å². The molecule has 1 fully saturated rings. The molecule has 1 aliphatic carbocycles. The van der Waals surface area contributed by atoms with Crippen LogP contribution in [0.5, 0.6) is 0 Å². The fourth-order valence-corrected chi connectivity index (χ4v) is 3.17. The number of carboxylic acid groups (broad SMARTS) is 1. The molecule has 2 amide bonds. The van der Waals surface area contributed by atoms with Gasteiger partial charge in [0, 0.05) is 18.1 Å². The van der Waals surface area contributed by atoms with Crippen molar-refractivity contribution < 1.29 is 19.8 Å². The standard InChI is InChI=1S/C17H23ClN2O4/c1-20(15(10-21)11-2-6-13(18)7-3-11)17(24)19-14-8-4-12(5-9-14)16(22)23/h2-3,6-7,12,14-15,21H,4-5,8-10H2,1H3,(H,19,24)(H,22,23). The summed E-state index contributed by atoms with van der Waals surface area (Å²) in [5.74, 6) is -1.07. The van der Waals surface area contributed by atoms with Crippen LogP contribution < -0.4 is 5.32 Å². The van der Waals surface area contributed by atoms with E-state index in [4.69, 9.17) is 16.7 Å². The van der Waals surface area contributed by atoms with E-state index in [0.29, 0.717) is 30.7 Å². The third kappa shape index (κ3) is 4.61. The van der Waals surface area contributed by atoms with Crippen molar-refractivity contribution in [2.75, 3.05) is 13.7 Å². The molecule has 0 bridgehead atoms. The Hall–Kier alpha value is -1.79. The summed E-state index contributed by atoms with van der Waals surface area (Å²) in [6.45, 7) is -0.197. The number of aliphatic hydroxyl groups excluding tert-OH is 1. The second-order valence-electron chi connectivity index (χ2n) is 6.20. The van der Waals surface area contributed by atoms with Crippen LogP contribution in [0.3, 0.4) is 0 Å². The molecule has 1 unspecified atom stereocenters. The molecule has 0 spiro atoms. The van der Waals surface area contributed by atoms with Crippen molar-refractivity contribution in [2.24, 2.45) is 5.92 Å². The number of aliphatic carboxylic acids is 1. The number of halogens is 1. The van der Waals surface area contributed by atoms with E-state index in [9.17, 15) is 14.7 Å². The molecule has 7 heteroatoms. The van der Waals surface area contributed by atoms with Crippen LogP contribution >= 0.6 is 11.6 Å². The Bertz CT molecular complexity index is 570. The number of nitrogens with zero attached hydrogens (tertiary/aromatic N) is 1. The fourth-order valence-electron chi connectivity index (χ4n) is 3.04. The van der Waals surface area contributed by atoms with Crippen LogP contribution in [-0.4, -0.2) is 46.8 Å². The van der Waals surface area contributed by atoms with Crippen LogP contribution in [0.2, 0.25) is 5.02 Å². The van der Waals surface area contributed by atoms with Crippen molar-refractivity contribution >= 4 is 23.6 Å². The van der Waals surface area contributed by atoms with Gasteiger partial charge in [-0.25, -0.2) is 4.79 Å². The lowest BCUT2D eigenvalue weighted by Crippen LogP contribution is -2.46. The number of carbonyl (C=O) groups excluding carboxylic acids is 1. The summed E-state index contributed by atoms with van der Waals surface area (Å²) in [5.41, 5.74) is 0.800. The van der Waals surface area contributed by atoms with Crippen molar-refractivity contribution in [3.63, 3.8) is 0 Å². The SMILES string of the molecule is CN(C(=O)NC1CCC(C(=O)O)CC1)C(CO)c1ccc(Cl)cc1. The molecule has 1 aromatic carbocycles. The van der Waals surface area contributed by atoms with Gasteiger partial charge in [0.25, 0.3) is 0 Å². The molecule has 0 aliphatic heterocycles. The van der Waals surface area contributed by atoms with Gasteiger partial charge in [-0.05, 0) is 43.4 Å². The predicted octanol–water partition coefficient (Wildman–Crippen LogP) is 2.66. The number of amides is 2. The van der Waals surface area contributed by atoms with Crippen molar-refractivity contribution in [2.45, 2.75) is 37.8 Å². The second-order valence-corrected chi connectivity index (χ2v) is 6.63. The maximum absolute atomic E-state index is 12.4. The van der Waals surface area contributed by atoms with Crippen LogP contribution in [0, 0.1) is 5.92 Å². The van der Waals surface area contributed by atoms with Gasteiger partial charge in [0.15, 0.2) is 0 Å². The van der Waals surface area contributed by atoms with Gasteiger partial charge in [-0.3, -0.25) is 4.79 Å². The van der Waals surface area contributed by atoms with E-state index >= 15 is 0 Å². The van der Waals surface area contributed by atoms with Gasteiger partial charge < -0.3 is 20.4 Å². The highest BCUT2D eigenvalue weighted by molar-refractivity contribution is 6.30. The fraction of sp³-hybridized carbons (Fsp3) is 0.529. The maximum Gasteiger partial charge on any atom is 0.317 e. The molecular formula is C17H23ClN2O4. The van der Waals surface area contributed by atoms with E-state index in [1.165, 1.54) is 4.90 Å². The molecule has 1 atom stereocenters. The number of nitrogens with one attached hydrogen (secondary N) is 1. The molecule has 6 nitrogen and oxygen atoms in total. The zero-order chi connectivity index (χ0) is 17.7. The highest BCUT2D eigenvalue weighted by atomic mass is 35.5. The summed E-state index contributed by atoms with van der Waals surface area (Å²) in [6, 6.07) is 6.24. The quantitative estimate of drug-likeness (QED) is 0.758. The molecule has 0 saturated heterocycles. The minimum absolute atomic E-state index is 0.0277. The zero-order valence-corrected chi connectivity index (χ0v) is 14.4. The van der Waals surface area contributed by atoms with Gasteiger partial charge in [-0.2, -0.15) is 0 Å². The van der Waals surface area contributed by atoms with E-state index < -0.39 is 12.0 Å². The minimum atomic E-state index is -0.764. The summed E-state index contributed by atoms with van der Waals surface area (Å²) < 4.78 is 0. The Morgan fingerprint density at radius 2 is 1.83 bits per heavy atom. The Morgan fingerprint density at radius 1 is 1.25 bits per heavy atom.